The first-order chi connectivity index (χ1) is 18.1. The highest BCUT2D eigenvalue weighted by molar-refractivity contribution is 8.05. The summed E-state index contributed by atoms with van der Waals surface area (Å²) in [4.78, 5) is 27.3. The Kier molecular flexibility index (Phi) is 7.48. The smallest absolute Gasteiger partial charge is 0.271 e. The number of H-pyrrole nitrogens is 1. The molecule has 1 unspecified atom stereocenters. The summed E-state index contributed by atoms with van der Waals surface area (Å²) in [6.07, 6.45) is 1.60. The molecule has 2 aromatic carbocycles. The highest BCUT2D eigenvalue weighted by Gasteiger charge is 2.29. The minimum Gasteiger partial charge on any atom is -0.384 e. The number of likely N-dealkylation sites (N-methyl/N-ethyl adjacent to an activating group) is 1. The maximum atomic E-state index is 12.4. The number of anilines is 2. The van der Waals surface area contributed by atoms with Crippen molar-refractivity contribution in [3.8, 4) is 0 Å². The highest BCUT2D eigenvalue weighted by Crippen LogP contribution is 2.51. The van der Waals surface area contributed by atoms with E-state index in [9.17, 15) is 4.79 Å². The van der Waals surface area contributed by atoms with Gasteiger partial charge in [-0.25, -0.2) is 0 Å². The van der Waals surface area contributed by atoms with Gasteiger partial charge in [0.2, 0.25) is 0 Å². The number of rotatable bonds is 6. The topological polar surface area (TPSA) is 63.8 Å². The Morgan fingerprint density at radius 3 is 2.76 bits per heavy atom. The van der Waals surface area contributed by atoms with Gasteiger partial charge in [-0.15, -0.1) is 0 Å². The number of hydrogen-bond acceptors (Lipinski definition) is 8. The van der Waals surface area contributed by atoms with Crippen LogP contribution >= 0.6 is 23.5 Å². The Morgan fingerprint density at radius 1 is 1.00 bits per heavy atom. The highest BCUT2D eigenvalue weighted by atomic mass is 32.2. The van der Waals surface area contributed by atoms with E-state index in [1.165, 1.54) is 30.8 Å². The van der Waals surface area contributed by atoms with Crippen LogP contribution in [0.2, 0.25) is 0 Å². The number of ether oxygens (including phenoxy) is 1. The molecule has 1 aromatic heterocycles. The maximum Gasteiger partial charge on any atom is 0.271 e. The summed E-state index contributed by atoms with van der Waals surface area (Å²) in [6.45, 7) is 8.63. The molecule has 1 atom stereocenters. The summed E-state index contributed by atoms with van der Waals surface area (Å²) in [6, 6.07) is 17.0. The van der Waals surface area contributed by atoms with E-state index in [0.717, 1.165) is 39.3 Å². The van der Waals surface area contributed by atoms with Gasteiger partial charge in [0.15, 0.2) is 0 Å². The number of piperazine rings is 1. The molecule has 3 aromatic rings. The van der Waals surface area contributed by atoms with Crippen LogP contribution in [0.5, 0.6) is 0 Å². The lowest BCUT2D eigenvalue weighted by molar-refractivity contribution is 0.0378. The molecule has 3 aliphatic rings. The van der Waals surface area contributed by atoms with Crippen molar-refractivity contribution in [2.24, 2.45) is 0 Å². The number of fused-ring (bicyclic) bond motifs is 2. The Bertz CT molecular complexity index is 1310. The van der Waals surface area contributed by atoms with E-state index in [1.54, 1.807) is 6.20 Å². The maximum absolute atomic E-state index is 12.4. The molecule has 2 fully saturated rings. The second kappa shape index (κ2) is 11.1. The SMILES string of the molecule is CN1CCN(CCNc2ccc3c(c2)Sc2cccc(C4CN(c5ccc[nH]c5=O)CCO4)c2S3)CC1. The lowest BCUT2D eigenvalue weighted by Crippen LogP contribution is -2.45. The molecule has 9 heteroatoms. The molecule has 2 N–H and O–H groups in total. The van der Waals surface area contributed by atoms with Crippen molar-refractivity contribution in [1.82, 2.24) is 14.8 Å². The van der Waals surface area contributed by atoms with E-state index in [0.29, 0.717) is 25.4 Å². The van der Waals surface area contributed by atoms with Crippen molar-refractivity contribution in [1.29, 1.82) is 0 Å². The second-order valence-electron chi connectivity index (χ2n) is 9.80. The fourth-order valence-electron chi connectivity index (χ4n) is 5.13. The van der Waals surface area contributed by atoms with E-state index in [-0.39, 0.29) is 11.7 Å². The van der Waals surface area contributed by atoms with Gasteiger partial charge in [0, 0.05) is 83.8 Å². The van der Waals surface area contributed by atoms with E-state index >= 15 is 0 Å². The van der Waals surface area contributed by atoms with Gasteiger partial charge in [-0.05, 0) is 49.0 Å². The minimum absolute atomic E-state index is 0.0509. The number of aromatic amines is 1. The molecular formula is C28H33N5O2S2. The van der Waals surface area contributed by atoms with E-state index in [2.05, 4.69) is 68.4 Å². The molecule has 0 saturated carbocycles. The molecule has 0 spiro atoms. The van der Waals surface area contributed by atoms with Crippen molar-refractivity contribution in [2.75, 3.05) is 76.2 Å². The van der Waals surface area contributed by atoms with Crippen LogP contribution in [0.1, 0.15) is 11.7 Å². The third kappa shape index (κ3) is 5.56. The quantitative estimate of drug-likeness (QED) is 0.381. The summed E-state index contributed by atoms with van der Waals surface area (Å²) in [5, 5.41) is 3.63. The monoisotopic (exact) mass is 535 g/mol. The van der Waals surface area contributed by atoms with Crippen LogP contribution in [0.3, 0.4) is 0 Å². The average Bonchev–Trinajstić information content (AvgIpc) is 2.93. The van der Waals surface area contributed by atoms with Crippen LogP contribution in [-0.4, -0.2) is 80.8 Å². The van der Waals surface area contributed by atoms with Crippen molar-refractivity contribution in [3.05, 3.63) is 70.6 Å². The third-order valence-corrected chi connectivity index (χ3v) is 9.90. The van der Waals surface area contributed by atoms with Crippen molar-refractivity contribution in [3.63, 3.8) is 0 Å². The van der Waals surface area contributed by atoms with Gasteiger partial charge in [-0.3, -0.25) is 9.69 Å². The van der Waals surface area contributed by atoms with Gasteiger partial charge >= 0.3 is 0 Å². The summed E-state index contributed by atoms with van der Waals surface area (Å²) in [5.74, 6) is 0. The summed E-state index contributed by atoms with van der Waals surface area (Å²) < 4.78 is 6.24. The molecule has 194 valence electrons. The van der Waals surface area contributed by atoms with E-state index < -0.39 is 0 Å². The normalized spacial score (nSPS) is 20.4. The van der Waals surface area contributed by atoms with E-state index in [1.807, 2.05) is 35.7 Å². The van der Waals surface area contributed by atoms with Crippen LogP contribution in [0.25, 0.3) is 0 Å². The standard InChI is InChI=1S/C28H33N5O2S2/c1-31-12-14-32(15-13-31)11-10-29-20-7-8-24-26(18-20)36-25-6-2-4-21(27(25)37-24)23-19-33(16-17-35-23)22-5-3-9-30-28(22)34/h2-9,18,23,29H,10-17,19H2,1H3,(H,30,34). The van der Waals surface area contributed by atoms with Gasteiger partial charge in [-0.1, -0.05) is 35.7 Å². The zero-order chi connectivity index (χ0) is 25.2. The second-order valence-corrected chi connectivity index (χ2v) is 11.9. The molecule has 0 bridgehead atoms. The predicted molar refractivity (Wildman–Crippen MR) is 152 cm³/mol. The first-order valence-corrected chi connectivity index (χ1v) is 14.6. The zero-order valence-corrected chi connectivity index (χ0v) is 22.7. The number of pyridine rings is 1. The molecule has 3 aliphatic heterocycles. The number of morpholine rings is 1. The number of benzene rings is 2. The van der Waals surface area contributed by atoms with Crippen LogP contribution in [0, 0.1) is 0 Å². The predicted octanol–water partition coefficient (Wildman–Crippen LogP) is 4.23. The number of nitrogens with zero attached hydrogens (tertiary/aromatic N) is 3. The van der Waals surface area contributed by atoms with Crippen LogP contribution in [0.15, 0.2) is 79.1 Å². The Hall–Kier alpha value is -2.43. The van der Waals surface area contributed by atoms with Gasteiger partial charge < -0.3 is 24.8 Å². The van der Waals surface area contributed by atoms with Crippen LogP contribution in [0.4, 0.5) is 11.4 Å². The van der Waals surface area contributed by atoms with Crippen molar-refractivity contribution in [2.45, 2.75) is 25.7 Å². The molecular weight excluding hydrogens is 502 g/mol. The fourth-order valence-corrected chi connectivity index (χ4v) is 7.58. The molecule has 37 heavy (non-hydrogen) atoms. The molecule has 4 heterocycles. The van der Waals surface area contributed by atoms with Gasteiger partial charge in [0.25, 0.3) is 5.56 Å². The molecule has 2 saturated heterocycles. The first-order valence-electron chi connectivity index (χ1n) is 13.0. The Balaban J connectivity index is 1.14. The Morgan fingerprint density at radius 2 is 1.89 bits per heavy atom. The summed E-state index contributed by atoms with van der Waals surface area (Å²) in [7, 11) is 2.20. The minimum atomic E-state index is -0.0755. The number of aromatic nitrogens is 1. The van der Waals surface area contributed by atoms with Crippen molar-refractivity contribution < 1.29 is 4.74 Å². The lowest BCUT2D eigenvalue weighted by Gasteiger charge is -2.35. The third-order valence-electron chi connectivity index (χ3n) is 7.29. The van der Waals surface area contributed by atoms with Gasteiger partial charge in [0.1, 0.15) is 11.8 Å². The fraction of sp³-hybridized carbons (Fsp3) is 0.393. The zero-order valence-electron chi connectivity index (χ0n) is 21.1. The van der Waals surface area contributed by atoms with Crippen LogP contribution in [-0.2, 0) is 4.74 Å². The number of hydrogen-bond donors (Lipinski definition) is 2. The average molecular weight is 536 g/mol. The van der Waals surface area contributed by atoms with Gasteiger partial charge in [-0.2, -0.15) is 0 Å². The van der Waals surface area contributed by atoms with E-state index in [4.69, 9.17) is 4.74 Å². The Labute approximate surface area is 226 Å². The molecule has 0 radical (unpaired) electrons. The summed E-state index contributed by atoms with van der Waals surface area (Å²) in [5.41, 5.74) is 3.04. The van der Waals surface area contributed by atoms with Crippen LogP contribution < -0.4 is 15.8 Å². The molecule has 7 nitrogen and oxygen atoms in total. The molecule has 0 aliphatic carbocycles. The molecule has 6 rings (SSSR count). The van der Waals surface area contributed by atoms with Crippen molar-refractivity contribution >= 4 is 34.9 Å². The largest absolute Gasteiger partial charge is 0.384 e. The number of nitrogens with one attached hydrogen (secondary N) is 2. The summed E-state index contributed by atoms with van der Waals surface area (Å²) >= 11 is 3.67. The van der Waals surface area contributed by atoms with Gasteiger partial charge in [0.05, 0.1) is 6.61 Å². The molecule has 0 amide bonds. The first kappa shape index (κ1) is 24.9. The lowest BCUT2D eigenvalue weighted by atomic mass is 10.1.